The third-order valence-corrected chi connectivity index (χ3v) is 17.9. The predicted molar refractivity (Wildman–Crippen MR) is 210 cm³/mol. The van der Waals surface area contributed by atoms with Gasteiger partial charge in [-0.1, -0.05) is 27.7 Å². The van der Waals surface area contributed by atoms with E-state index in [0.29, 0.717) is 41.4 Å². The molecule has 17 heteroatoms. The smallest absolute Gasteiger partial charge is 0.187 e. The van der Waals surface area contributed by atoms with E-state index in [4.69, 9.17) is 37.9 Å². The van der Waals surface area contributed by atoms with Crippen LogP contribution in [-0.2, 0) is 37.9 Å². The van der Waals surface area contributed by atoms with Crippen molar-refractivity contribution in [2.24, 2.45) is 52.3 Å². The number of rotatable bonds is 8. The zero-order valence-electron chi connectivity index (χ0n) is 36.0. The van der Waals surface area contributed by atoms with Gasteiger partial charge in [0.2, 0.25) is 0 Å². The van der Waals surface area contributed by atoms with Crippen molar-refractivity contribution in [1.82, 2.24) is 0 Å². The van der Waals surface area contributed by atoms with Crippen LogP contribution < -0.4 is 0 Å². The first-order chi connectivity index (χ1) is 29.0. The topological polar surface area (TPSA) is 256 Å². The molecule has 0 aromatic rings. The Labute approximate surface area is 357 Å². The van der Waals surface area contributed by atoms with Crippen molar-refractivity contribution < 1.29 is 83.9 Å². The molecule has 0 aromatic heterocycles. The minimum atomic E-state index is -1.84. The number of fused-ring (bicyclic) bond motifs is 7. The van der Waals surface area contributed by atoms with E-state index in [1.165, 1.54) is 12.8 Å². The van der Waals surface area contributed by atoms with Crippen molar-refractivity contribution in [2.45, 2.75) is 196 Å². The minimum absolute atomic E-state index is 0.121. The van der Waals surface area contributed by atoms with Crippen LogP contribution in [0.25, 0.3) is 0 Å². The number of aliphatic hydroxyl groups excluding tert-OH is 9. The summed E-state index contributed by atoms with van der Waals surface area (Å²) >= 11 is 0. The molecule has 4 saturated carbocycles. The Morgan fingerprint density at radius 2 is 1.30 bits per heavy atom. The van der Waals surface area contributed by atoms with Crippen LogP contribution in [0.4, 0.5) is 0 Å². The lowest BCUT2D eigenvalue weighted by Gasteiger charge is -2.61. The molecule has 17 nitrogen and oxygen atoms in total. The summed E-state index contributed by atoms with van der Waals surface area (Å²) in [5.41, 5.74) is 0.347. The first kappa shape index (κ1) is 45.5. The molecule has 0 aromatic carbocycles. The predicted octanol–water partition coefficient (Wildman–Crippen LogP) is -0.0945. The van der Waals surface area contributed by atoms with Gasteiger partial charge in [0.05, 0.1) is 38.6 Å². The van der Waals surface area contributed by atoms with Crippen LogP contribution in [0.2, 0.25) is 0 Å². The molecule has 26 unspecified atom stereocenters. The first-order valence-electron chi connectivity index (χ1n) is 23.2. The van der Waals surface area contributed by atoms with Crippen LogP contribution in [0, 0.1) is 52.3 Å². The molecular weight excluding hydrogens is 800 g/mol. The van der Waals surface area contributed by atoms with Crippen molar-refractivity contribution >= 4 is 0 Å². The molecular formula is C44H72O17. The fourth-order valence-corrected chi connectivity index (χ4v) is 14.4. The lowest BCUT2D eigenvalue weighted by molar-refractivity contribution is -0.384. The van der Waals surface area contributed by atoms with E-state index in [0.717, 1.165) is 58.0 Å². The number of aliphatic hydroxyl groups is 9. The van der Waals surface area contributed by atoms with E-state index in [9.17, 15) is 46.0 Å². The Balaban J connectivity index is 0.853. The summed E-state index contributed by atoms with van der Waals surface area (Å²) < 4.78 is 49.1. The molecule has 5 saturated heterocycles. The number of hydrogen-bond donors (Lipinski definition) is 9. The molecule has 1 spiro atoms. The highest BCUT2D eigenvalue weighted by Gasteiger charge is 2.69. The highest BCUT2D eigenvalue weighted by molar-refractivity contribution is 5.15. The van der Waals surface area contributed by atoms with Gasteiger partial charge in [0.25, 0.3) is 0 Å². The minimum Gasteiger partial charge on any atom is -0.394 e. The second-order valence-corrected chi connectivity index (χ2v) is 21.1. The zero-order valence-corrected chi connectivity index (χ0v) is 36.0. The average molecular weight is 873 g/mol. The highest BCUT2D eigenvalue weighted by atomic mass is 16.8. The van der Waals surface area contributed by atoms with Gasteiger partial charge in [-0.3, -0.25) is 0 Å². The fraction of sp³-hybridized carbons (Fsp3) is 1.00. The van der Waals surface area contributed by atoms with E-state index in [1.54, 1.807) is 0 Å². The third kappa shape index (κ3) is 7.58. The maximum atomic E-state index is 11.4. The molecule has 350 valence electrons. The van der Waals surface area contributed by atoms with Crippen molar-refractivity contribution in [3.05, 3.63) is 0 Å². The maximum Gasteiger partial charge on any atom is 0.187 e. The lowest BCUT2D eigenvalue weighted by Crippen LogP contribution is -2.66. The van der Waals surface area contributed by atoms with Crippen molar-refractivity contribution in [3.8, 4) is 0 Å². The molecule has 4 aliphatic carbocycles. The normalized spacial score (nSPS) is 58.5. The van der Waals surface area contributed by atoms with Crippen LogP contribution in [0.3, 0.4) is 0 Å². The van der Waals surface area contributed by atoms with E-state index >= 15 is 0 Å². The molecule has 0 radical (unpaired) electrons. The van der Waals surface area contributed by atoms with E-state index in [-0.39, 0.29) is 29.6 Å². The second kappa shape index (κ2) is 17.2. The number of hydrogen-bond acceptors (Lipinski definition) is 17. The van der Waals surface area contributed by atoms with Crippen molar-refractivity contribution in [3.63, 3.8) is 0 Å². The van der Waals surface area contributed by atoms with E-state index in [2.05, 4.69) is 27.7 Å². The van der Waals surface area contributed by atoms with Crippen LogP contribution >= 0.6 is 0 Å². The Bertz CT molecular complexity index is 1520. The quantitative estimate of drug-likeness (QED) is 0.145. The molecule has 9 rings (SSSR count). The lowest BCUT2D eigenvalue weighted by atomic mass is 9.44. The Morgan fingerprint density at radius 1 is 0.607 bits per heavy atom. The maximum absolute atomic E-state index is 11.4. The van der Waals surface area contributed by atoms with Gasteiger partial charge in [-0.25, -0.2) is 0 Å². The van der Waals surface area contributed by atoms with Crippen molar-refractivity contribution in [2.75, 3.05) is 26.4 Å². The molecule has 9 fully saturated rings. The molecule has 0 amide bonds. The Hall–Kier alpha value is -0.680. The van der Waals surface area contributed by atoms with Crippen LogP contribution in [-0.4, -0.2) is 176 Å². The molecule has 61 heavy (non-hydrogen) atoms. The summed E-state index contributed by atoms with van der Waals surface area (Å²) in [6, 6.07) is 0. The van der Waals surface area contributed by atoms with E-state index in [1.807, 2.05) is 0 Å². The summed E-state index contributed by atoms with van der Waals surface area (Å²) in [4.78, 5) is 0. The highest BCUT2D eigenvalue weighted by Crippen LogP contribution is 2.71. The summed E-state index contributed by atoms with van der Waals surface area (Å²) in [6.45, 7) is 8.74. The van der Waals surface area contributed by atoms with Gasteiger partial charge in [-0.05, 0) is 104 Å². The van der Waals surface area contributed by atoms with E-state index < -0.39 is 105 Å². The number of ether oxygens (including phenoxy) is 8. The monoisotopic (exact) mass is 872 g/mol. The molecule has 5 heterocycles. The standard InChI is InChI=1S/C44H72O17/c1-19-7-12-44(55-17-19)20(2)30-27(61-44)14-25-23-6-5-21-13-22(8-10-42(21,3)24(23)9-11-43(25,30)4)56-41-38(33(50)32(49)28(15-45)57-41)60-40-36(53)34(51)37(29(16-46)58-40)59-39-35(52)31(48)26(47)18-54-39/h19-41,45-53H,5-18H2,1-4H3. The summed E-state index contributed by atoms with van der Waals surface area (Å²) in [5, 5.41) is 95.3. The molecule has 26 atom stereocenters. The van der Waals surface area contributed by atoms with Gasteiger partial charge < -0.3 is 83.9 Å². The zero-order chi connectivity index (χ0) is 43.3. The first-order valence-corrected chi connectivity index (χ1v) is 23.2. The summed E-state index contributed by atoms with van der Waals surface area (Å²) in [7, 11) is 0. The Morgan fingerprint density at radius 3 is 2.02 bits per heavy atom. The van der Waals surface area contributed by atoms with Crippen LogP contribution in [0.1, 0.15) is 91.9 Å². The second-order valence-electron chi connectivity index (χ2n) is 21.1. The van der Waals surface area contributed by atoms with Crippen molar-refractivity contribution in [1.29, 1.82) is 0 Å². The van der Waals surface area contributed by atoms with Crippen LogP contribution in [0.15, 0.2) is 0 Å². The van der Waals surface area contributed by atoms with Crippen LogP contribution in [0.5, 0.6) is 0 Å². The summed E-state index contributed by atoms with van der Waals surface area (Å²) in [6.07, 6.45) is -11.3. The molecule has 9 N–H and O–H groups in total. The largest absolute Gasteiger partial charge is 0.394 e. The van der Waals surface area contributed by atoms with Gasteiger partial charge >= 0.3 is 0 Å². The molecule has 0 bridgehead atoms. The summed E-state index contributed by atoms with van der Waals surface area (Å²) in [5.74, 6) is 3.25. The van der Waals surface area contributed by atoms with Gasteiger partial charge in [0.15, 0.2) is 24.7 Å². The van der Waals surface area contributed by atoms with Gasteiger partial charge in [-0.2, -0.15) is 0 Å². The Kier molecular flexibility index (Phi) is 12.8. The van der Waals surface area contributed by atoms with Gasteiger partial charge in [-0.15, -0.1) is 0 Å². The molecule has 9 aliphatic rings. The van der Waals surface area contributed by atoms with Gasteiger partial charge in [0.1, 0.15) is 67.1 Å². The third-order valence-electron chi connectivity index (χ3n) is 17.9. The van der Waals surface area contributed by atoms with Gasteiger partial charge in [0, 0.05) is 12.3 Å². The fourth-order valence-electron chi connectivity index (χ4n) is 14.4. The SMILES string of the molecule is CC1CCC2(OC1)OC1CC3C4CCC5CC(OC6OC(CO)C(O)C(O)C6OC6OC(CO)C(OC7OCC(O)C(O)C7O)C(O)C6O)CCC5(C)C4CCC3(C)C1C2C. The molecule has 5 aliphatic heterocycles. The average Bonchev–Trinajstić information content (AvgIpc) is 3.69.